The summed E-state index contributed by atoms with van der Waals surface area (Å²) in [5.41, 5.74) is 2.23. The number of azo groups is 1. The lowest BCUT2D eigenvalue weighted by atomic mass is 9.66. The lowest BCUT2D eigenvalue weighted by Crippen LogP contribution is -2.39. The van der Waals surface area contributed by atoms with Crippen molar-refractivity contribution in [3.05, 3.63) is 58.7 Å². The van der Waals surface area contributed by atoms with Crippen molar-refractivity contribution in [3.63, 3.8) is 0 Å². The Balaban J connectivity index is 1.96. The molecule has 170 valence electrons. The maximum absolute atomic E-state index is 12.2. The van der Waals surface area contributed by atoms with E-state index in [-0.39, 0.29) is 24.0 Å². The van der Waals surface area contributed by atoms with Crippen molar-refractivity contribution in [2.75, 3.05) is 6.61 Å². The zero-order valence-electron chi connectivity index (χ0n) is 19.0. The van der Waals surface area contributed by atoms with Crippen LogP contribution < -0.4 is 0 Å². The predicted molar refractivity (Wildman–Crippen MR) is 121 cm³/mol. The van der Waals surface area contributed by atoms with Crippen LogP contribution in [0.25, 0.3) is 0 Å². The second kappa shape index (κ2) is 9.20. The number of rotatable bonds is 7. The number of hydrogen-bond donors (Lipinski definition) is 2. The highest BCUT2D eigenvalue weighted by Gasteiger charge is 2.43. The smallest absolute Gasteiger partial charge is 0.335 e. The number of ether oxygens (including phenoxy) is 1. The van der Waals surface area contributed by atoms with Gasteiger partial charge in [0.1, 0.15) is 5.60 Å². The molecule has 2 aromatic carbocycles. The van der Waals surface area contributed by atoms with Gasteiger partial charge in [-0.2, -0.15) is 10.2 Å². The third-order valence-corrected chi connectivity index (χ3v) is 6.12. The standard InChI is InChI=1S/C25H30N2O5/c1-5-16-13-17(7-9-19(16)23(29)30)26-27-18-8-10-20-21(14-18)25(31,12-11-24(20,3)4)15-22(28)32-6-2/h7-10,13-14,31H,5-6,11-12,15H2,1-4H3,(H,29,30). The van der Waals surface area contributed by atoms with E-state index in [1.165, 1.54) is 6.07 Å². The number of aryl methyl sites for hydroxylation is 1. The second-order valence-electron chi connectivity index (χ2n) is 8.83. The van der Waals surface area contributed by atoms with Crippen LogP contribution in [0.3, 0.4) is 0 Å². The number of carbonyl (C=O) groups excluding carboxylic acids is 1. The zero-order valence-corrected chi connectivity index (χ0v) is 19.0. The normalized spacial score (nSPS) is 19.5. The van der Waals surface area contributed by atoms with Gasteiger partial charge in [0.15, 0.2) is 0 Å². The molecular weight excluding hydrogens is 408 g/mol. The number of carboxylic acid groups (broad SMARTS) is 1. The average Bonchev–Trinajstić information content (AvgIpc) is 2.75. The van der Waals surface area contributed by atoms with Gasteiger partial charge in [-0.3, -0.25) is 4.79 Å². The van der Waals surface area contributed by atoms with Crippen LogP contribution in [0.5, 0.6) is 0 Å². The van der Waals surface area contributed by atoms with Crippen molar-refractivity contribution in [2.24, 2.45) is 10.2 Å². The summed E-state index contributed by atoms with van der Waals surface area (Å²) >= 11 is 0. The number of hydrogen-bond acceptors (Lipinski definition) is 6. The number of aromatic carboxylic acids is 1. The molecule has 32 heavy (non-hydrogen) atoms. The third kappa shape index (κ3) is 4.88. The first kappa shape index (κ1) is 23.6. The van der Waals surface area contributed by atoms with Crippen molar-refractivity contribution >= 4 is 23.3 Å². The van der Waals surface area contributed by atoms with Crippen LogP contribution in [0, 0.1) is 0 Å². The van der Waals surface area contributed by atoms with Gasteiger partial charge in [-0.05, 0) is 78.6 Å². The number of benzene rings is 2. The number of carboxylic acids is 1. The van der Waals surface area contributed by atoms with E-state index in [0.717, 1.165) is 12.0 Å². The van der Waals surface area contributed by atoms with Crippen molar-refractivity contribution in [3.8, 4) is 0 Å². The number of carbonyl (C=O) groups is 2. The van der Waals surface area contributed by atoms with Crippen molar-refractivity contribution < 1.29 is 24.5 Å². The Bertz CT molecular complexity index is 1060. The van der Waals surface area contributed by atoms with E-state index in [1.54, 1.807) is 25.1 Å². The topological polar surface area (TPSA) is 109 Å². The van der Waals surface area contributed by atoms with Crippen LogP contribution in [0.4, 0.5) is 11.4 Å². The summed E-state index contributed by atoms with van der Waals surface area (Å²) in [5.74, 6) is -1.40. The maximum atomic E-state index is 12.2. The van der Waals surface area contributed by atoms with Crippen LogP contribution in [0.2, 0.25) is 0 Å². The van der Waals surface area contributed by atoms with Gasteiger partial charge in [-0.15, -0.1) is 0 Å². The molecule has 1 aliphatic carbocycles. The molecule has 7 nitrogen and oxygen atoms in total. The van der Waals surface area contributed by atoms with Gasteiger partial charge in [0.2, 0.25) is 0 Å². The van der Waals surface area contributed by atoms with Gasteiger partial charge in [0.05, 0.1) is 30.0 Å². The molecule has 1 unspecified atom stereocenters. The Morgan fingerprint density at radius 1 is 1.00 bits per heavy atom. The Morgan fingerprint density at radius 2 is 1.66 bits per heavy atom. The lowest BCUT2D eigenvalue weighted by Gasteiger charge is -2.42. The fraction of sp³-hybridized carbons (Fsp3) is 0.440. The van der Waals surface area contributed by atoms with Gasteiger partial charge in [-0.1, -0.05) is 26.8 Å². The van der Waals surface area contributed by atoms with E-state index in [2.05, 4.69) is 24.1 Å². The SMILES string of the molecule is CCOC(=O)CC1(O)CCC(C)(C)c2ccc(N=Nc3ccc(C(=O)O)c(CC)c3)cc21. The fourth-order valence-electron chi connectivity index (χ4n) is 4.25. The molecule has 0 saturated heterocycles. The molecule has 0 radical (unpaired) electrons. The molecule has 2 aromatic rings. The van der Waals surface area contributed by atoms with Crippen LogP contribution in [-0.4, -0.2) is 28.8 Å². The number of esters is 1. The number of nitrogens with zero attached hydrogens (tertiary/aromatic N) is 2. The molecule has 3 rings (SSSR count). The summed E-state index contributed by atoms with van der Waals surface area (Å²) < 4.78 is 5.08. The van der Waals surface area contributed by atoms with Crippen molar-refractivity contribution in [1.29, 1.82) is 0 Å². The minimum atomic E-state index is -1.32. The lowest BCUT2D eigenvalue weighted by molar-refractivity contribution is -0.150. The Morgan fingerprint density at radius 3 is 2.28 bits per heavy atom. The molecule has 0 fully saturated rings. The number of fused-ring (bicyclic) bond motifs is 1. The molecule has 0 aromatic heterocycles. The molecule has 7 heteroatoms. The second-order valence-corrected chi connectivity index (χ2v) is 8.83. The van der Waals surface area contributed by atoms with E-state index in [9.17, 15) is 19.8 Å². The summed E-state index contributed by atoms with van der Waals surface area (Å²) in [4.78, 5) is 23.5. The van der Waals surface area contributed by atoms with Gasteiger partial charge in [0, 0.05) is 0 Å². The predicted octanol–water partition coefficient (Wildman–Crippen LogP) is 5.57. The highest BCUT2D eigenvalue weighted by molar-refractivity contribution is 5.89. The van der Waals surface area contributed by atoms with E-state index in [0.29, 0.717) is 35.3 Å². The summed E-state index contributed by atoms with van der Waals surface area (Å²) in [6, 6.07) is 10.4. The summed E-state index contributed by atoms with van der Waals surface area (Å²) in [7, 11) is 0. The van der Waals surface area contributed by atoms with Gasteiger partial charge in [0.25, 0.3) is 0 Å². The molecule has 1 atom stereocenters. The minimum absolute atomic E-state index is 0.110. The van der Waals surface area contributed by atoms with Gasteiger partial charge < -0.3 is 14.9 Å². The number of aliphatic hydroxyl groups is 1. The molecule has 0 heterocycles. The molecular formula is C25H30N2O5. The van der Waals surface area contributed by atoms with Crippen LogP contribution in [0.15, 0.2) is 46.6 Å². The Hall–Kier alpha value is -3.06. The first-order valence-corrected chi connectivity index (χ1v) is 10.9. The monoisotopic (exact) mass is 438 g/mol. The summed E-state index contributed by atoms with van der Waals surface area (Å²) in [5, 5.41) is 29.3. The molecule has 0 spiro atoms. The van der Waals surface area contributed by atoms with E-state index in [1.807, 2.05) is 19.1 Å². The van der Waals surface area contributed by atoms with Crippen LogP contribution in [-0.2, 0) is 27.0 Å². The Labute approximate surface area is 188 Å². The van der Waals surface area contributed by atoms with Gasteiger partial charge in [-0.25, -0.2) is 4.79 Å². The molecule has 0 bridgehead atoms. The van der Waals surface area contributed by atoms with E-state index in [4.69, 9.17) is 4.74 Å². The quantitative estimate of drug-likeness (QED) is 0.434. The largest absolute Gasteiger partial charge is 0.478 e. The first-order chi connectivity index (χ1) is 15.1. The summed E-state index contributed by atoms with van der Waals surface area (Å²) in [6.45, 7) is 8.13. The van der Waals surface area contributed by atoms with Crippen molar-refractivity contribution in [1.82, 2.24) is 0 Å². The van der Waals surface area contributed by atoms with E-state index >= 15 is 0 Å². The molecule has 1 aliphatic rings. The van der Waals surface area contributed by atoms with Gasteiger partial charge >= 0.3 is 11.9 Å². The highest BCUT2D eigenvalue weighted by Crippen LogP contribution is 2.47. The van der Waals surface area contributed by atoms with E-state index < -0.39 is 17.5 Å². The van der Waals surface area contributed by atoms with Crippen molar-refractivity contribution in [2.45, 2.75) is 64.4 Å². The minimum Gasteiger partial charge on any atom is -0.478 e. The molecule has 0 aliphatic heterocycles. The zero-order chi connectivity index (χ0) is 23.5. The highest BCUT2D eigenvalue weighted by atomic mass is 16.5. The third-order valence-electron chi connectivity index (χ3n) is 6.12. The Kier molecular flexibility index (Phi) is 6.79. The molecule has 2 N–H and O–H groups in total. The first-order valence-electron chi connectivity index (χ1n) is 10.9. The summed E-state index contributed by atoms with van der Waals surface area (Å²) in [6.07, 6.45) is 1.65. The average molecular weight is 439 g/mol. The van der Waals surface area contributed by atoms with Crippen LogP contribution >= 0.6 is 0 Å². The van der Waals surface area contributed by atoms with Crippen LogP contribution in [0.1, 0.15) is 74.0 Å². The molecule has 0 amide bonds. The maximum Gasteiger partial charge on any atom is 0.335 e. The fourth-order valence-corrected chi connectivity index (χ4v) is 4.25. The molecule has 0 saturated carbocycles.